The average Bonchev–Trinajstić information content (AvgIpc) is 2.50. The SMILES string of the molecule is CCOC(=O)c1ccc2c(c1)CS(=N)(=O)C2. The molecule has 0 aromatic heterocycles. The summed E-state index contributed by atoms with van der Waals surface area (Å²) in [7, 11) is -2.51. The highest BCUT2D eigenvalue weighted by Crippen LogP contribution is 2.26. The number of nitrogens with one attached hydrogen (secondary N) is 1. The maximum atomic E-state index is 11.6. The maximum absolute atomic E-state index is 11.6. The van der Waals surface area contributed by atoms with Gasteiger partial charge in [0.2, 0.25) is 0 Å². The highest BCUT2D eigenvalue weighted by molar-refractivity contribution is 7.91. The molecule has 1 atom stereocenters. The molecule has 0 spiro atoms. The van der Waals surface area contributed by atoms with E-state index in [1.54, 1.807) is 25.1 Å². The minimum Gasteiger partial charge on any atom is -0.462 e. The van der Waals surface area contributed by atoms with E-state index in [0.29, 0.717) is 17.9 Å². The Bertz CT molecular complexity index is 534. The van der Waals surface area contributed by atoms with Gasteiger partial charge >= 0.3 is 5.97 Å². The van der Waals surface area contributed by atoms with Crippen molar-refractivity contribution in [3.8, 4) is 0 Å². The van der Waals surface area contributed by atoms with Crippen molar-refractivity contribution in [1.82, 2.24) is 0 Å². The van der Waals surface area contributed by atoms with Crippen LogP contribution in [0.4, 0.5) is 0 Å². The Hall–Kier alpha value is -1.36. The van der Waals surface area contributed by atoms with Crippen molar-refractivity contribution in [3.05, 3.63) is 34.9 Å². The molecule has 0 fully saturated rings. The summed E-state index contributed by atoms with van der Waals surface area (Å²) < 4.78 is 24.0. The van der Waals surface area contributed by atoms with Gasteiger partial charge in [-0.2, -0.15) is 0 Å². The zero-order valence-corrected chi connectivity index (χ0v) is 9.80. The highest BCUT2D eigenvalue weighted by atomic mass is 32.2. The second kappa shape index (κ2) is 3.90. The molecular weight excluding hydrogens is 226 g/mol. The molecule has 4 nitrogen and oxygen atoms in total. The number of hydrogen-bond acceptors (Lipinski definition) is 4. The Balaban J connectivity index is 2.32. The van der Waals surface area contributed by atoms with E-state index in [9.17, 15) is 9.00 Å². The first kappa shape index (κ1) is 11.1. The summed E-state index contributed by atoms with van der Waals surface area (Å²) >= 11 is 0. The third-order valence-corrected chi connectivity index (χ3v) is 4.05. The van der Waals surface area contributed by atoms with Crippen molar-refractivity contribution in [2.24, 2.45) is 0 Å². The van der Waals surface area contributed by atoms with Crippen molar-refractivity contribution < 1.29 is 13.7 Å². The van der Waals surface area contributed by atoms with Crippen LogP contribution in [-0.2, 0) is 26.0 Å². The largest absolute Gasteiger partial charge is 0.462 e. The predicted octanol–water partition coefficient (Wildman–Crippen LogP) is 1.92. The van der Waals surface area contributed by atoms with Crippen LogP contribution in [-0.4, -0.2) is 16.8 Å². The molecule has 0 bridgehead atoms. The van der Waals surface area contributed by atoms with E-state index in [0.717, 1.165) is 11.1 Å². The van der Waals surface area contributed by atoms with E-state index in [4.69, 9.17) is 9.52 Å². The second-order valence-corrected chi connectivity index (χ2v) is 6.01. The van der Waals surface area contributed by atoms with E-state index in [1.807, 2.05) is 0 Å². The van der Waals surface area contributed by atoms with Crippen LogP contribution in [0.2, 0.25) is 0 Å². The molecule has 1 aromatic rings. The first-order valence-electron chi connectivity index (χ1n) is 5.05. The van der Waals surface area contributed by atoms with E-state index in [2.05, 4.69) is 0 Å². The summed E-state index contributed by atoms with van der Waals surface area (Å²) in [6.45, 7) is 2.09. The van der Waals surface area contributed by atoms with Gasteiger partial charge in [-0.15, -0.1) is 0 Å². The lowest BCUT2D eigenvalue weighted by Crippen LogP contribution is -2.05. The fourth-order valence-electron chi connectivity index (χ4n) is 1.80. The van der Waals surface area contributed by atoms with E-state index < -0.39 is 9.73 Å². The molecule has 0 amide bonds. The van der Waals surface area contributed by atoms with Crippen LogP contribution in [0.25, 0.3) is 0 Å². The van der Waals surface area contributed by atoms with Gasteiger partial charge in [0.05, 0.1) is 33.4 Å². The maximum Gasteiger partial charge on any atom is 0.338 e. The van der Waals surface area contributed by atoms with Gasteiger partial charge in [-0.25, -0.2) is 9.00 Å². The molecule has 1 aliphatic rings. The lowest BCUT2D eigenvalue weighted by molar-refractivity contribution is 0.0526. The molecule has 0 aliphatic carbocycles. The summed E-state index contributed by atoms with van der Waals surface area (Å²) in [6.07, 6.45) is 0. The minimum absolute atomic E-state index is 0.246. The average molecular weight is 239 g/mol. The molecule has 0 radical (unpaired) electrons. The third-order valence-electron chi connectivity index (χ3n) is 2.49. The van der Waals surface area contributed by atoms with Gasteiger partial charge in [-0.3, -0.25) is 4.78 Å². The fourth-order valence-corrected chi connectivity index (χ4v) is 3.45. The van der Waals surface area contributed by atoms with Gasteiger partial charge in [-0.1, -0.05) is 6.07 Å². The van der Waals surface area contributed by atoms with Crippen LogP contribution in [0.5, 0.6) is 0 Å². The van der Waals surface area contributed by atoms with Crippen molar-refractivity contribution in [1.29, 1.82) is 4.78 Å². The predicted molar refractivity (Wildman–Crippen MR) is 60.7 cm³/mol. The van der Waals surface area contributed by atoms with Gasteiger partial charge in [0, 0.05) is 0 Å². The number of carbonyl (C=O) groups is 1. The lowest BCUT2D eigenvalue weighted by Gasteiger charge is -2.03. The second-order valence-electron chi connectivity index (χ2n) is 3.80. The van der Waals surface area contributed by atoms with Crippen LogP contribution in [0.15, 0.2) is 18.2 Å². The Morgan fingerprint density at radius 2 is 2.12 bits per heavy atom. The summed E-state index contributed by atoms with van der Waals surface area (Å²) in [4.78, 5) is 11.5. The van der Waals surface area contributed by atoms with Crippen LogP contribution in [0.3, 0.4) is 0 Å². The molecule has 1 N–H and O–H groups in total. The van der Waals surface area contributed by atoms with Gasteiger partial charge in [-0.05, 0) is 30.2 Å². The monoisotopic (exact) mass is 239 g/mol. The van der Waals surface area contributed by atoms with E-state index in [-0.39, 0.29) is 11.7 Å². The van der Waals surface area contributed by atoms with E-state index in [1.165, 1.54) is 0 Å². The molecule has 5 heteroatoms. The quantitative estimate of drug-likeness (QED) is 0.802. The smallest absolute Gasteiger partial charge is 0.338 e. The standard InChI is InChI=1S/C11H13NO3S/c1-2-15-11(13)8-3-4-9-6-16(12,14)7-10(9)5-8/h3-5,12H,2,6-7H2,1H3. The number of ether oxygens (including phenoxy) is 1. The molecule has 1 heterocycles. The van der Waals surface area contributed by atoms with E-state index >= 15 is 0 Å². The number of benzene rings is 1. The zero-order valence-electron chi connectivity index (χ0n) is 8.99. The summed E-state index contributed by atoms with van der Waals surface area (Å²) in [5, 5.41) is 0. The van der Waals surface area contributed by atoms with Crippen molar-refractivity contribution >= 4 is 15.7 Å². The van der Waals surface area contributed by atoms with Crippen LogP contribution >= 0.6 is 0 Å². The molecule has 86 valence electrons. The fraction of sp³-hybridized carbons (Fsp3) is 0.364. The first-order valence-corrected chi connectivity index (χ1v) is 6.94. The lowest BCUT2D eigenvalue weighted by atomic mass is 10.1. The minimum atomic E-state index is -2.51. The van der Waals surface area contributed by atoms with Crippen molar-refractivity contribution in [3.63, 3.8) is 0 Å². The third kappa shape index (κ3) is 2.09. The van der Waals surface area contributed by atoms with Gasteiger partial charge in [0.25, 0.3) is 0 Å². The topological polar surface area (TPSA) is 67.2 Å². The number of carbonyl (C=O) groups excluding carboxylic acids is 1. The molecule has 1 aromatic carbocycles. The molecule has 1 unspecified atom stereocenters. The molecule has 16 heavy (non-hydrogen) atoms. The molecule has 1 aliphatic heterocycles. The number of esters is 1. The molecular formula is C11H13NO3S. The van der Waals surface area contributed by atoms with Crippen molar-refractivity contribution in [2.75, 3.05) is 6.61 Å². The summed E-state index contributed by atoms with van der Waals surface area (Å²) in [5.74, 6) is 0.176. The molecule has 0 saturated carbocycles. The number of rotatable bonds is 2. The highest BCUT2D eigenvalue weighted by Gasteiger charge is 2.22. The number of hydrogen-bond donors (Lipinski definition) is 1. The van der Waals surface area contributed by atoms with Gasteiger partial charge in [0.15, 0.2) is 0 Å². The Morgan fingerprint density at radius 1 is 1.44 bits per heavy atom. The number of fused-ring (bicyclic) bond motifs is 1. The van der Waals surface area contributed by atoms with Gasteiger partial charge < -0.3 is 4.74 Å². The zero-order chi connectivity index (χ0) is 11.8. The Labute approximate surface area is 94.6 Å². The molecule has 2 rings (SSSR count). The van der Waals surface area contributed by atoms with Crippen molar-refractivity contribution in [2.45, 2.75) is 18.4 Å². The van der Waals surface area contributed by atoms with Gasteiger partial charge in [0.1, 0.15) is 0 Å². The first-order chi connectivity index (χ1) is 7.52. The van der Waals surface area contributed by atoms with Crippen LogP contribution in [0.1, 0.15) is 28.4 Å². The normalized spacial score (nSPS) is 22.8. The Morgan fingerprint density at radius 3 is 2.81 bits per heavy atom. The van der Waals surface area contributed by atoms with Crippen LogP contribution in [0, 0.1) is 4.78 Å². The van der Waals surface area contributed by atoms with Crippen LogP contribution < -0.4 is 0 Å². The summed E-state index contributed by atoms with van der Waals surface area (Å²) in [5.41, 5.74) is 2.22. The summed E-state index contributed by atoms with van der Waals surface area (Å²) in [6, 6.07) is 5.12. The Kier molecular flexibility index (Phi) is 2.71. The molecule has 0 saturated heterocycles.